The number of hydrogen-bond acceptors (Lipinski definition) is 6. The number of esters is 3. The summed E-state index contributed by atoms with van der Waals surface area (Å²) in [7, 11) is 0. The molecule has 0 aliphatic carbocycles. The quantitative estimate of drug-likeness (QED) is 0.0345. The molecule has 0 aliphatic heterocycles. The summed E-state index contributed by atoms with van der Waals surface area (Å²) in [5.74, 6) is 0.856. The van der Waals surface area contributed by atoms with Crippen LogP contribution in [-0.2, 0) is 28.6 Å². The minimum absolute atomic E-state index is 0.0635. The zero-order valence-electron chi connectivity index (χ0n) is 41.1. The molecule has 0 heterocycles. The first-order valence-corrected chi connectivity index (χ1v) is 26.8. The van der Waals surface area contributed by atoms with Crippen molar-refractivity contribution >= 4 is 17.9 Å². The molecule has 0 aromatic rings. The van der Waals surface area contributed by atoms with E-state index in [1.54, 1.807) is 0 Å². The second-order valence-corrected chi connectivity index (χ2v) is 19.2. The molecule has 0 saturated carbocycles. The van der Waals surface area contributed by atoms with Crippen LogP contribution in [0.25, 0.3) is 0 Å². The molecule has 0 fully saturated rings. The van der Waals surface area contributed by atoms with Crippen LogP contribution in [0.5, 0.6) is 0 Å². The first-order valence-electron chi connectivity index (χ1n) is 26.8. The van der Waals surface area contributed by atoms with Crippen LogP contribution in [-0.4, -0.2) is 37.2 Å². The number of ether oxygens (including phenoxy) is 3. The molecule has 60 heavy (non-hydrogen) atoms. The lowest BCUT2D eigenvalue weighted by Crippen LogP contribution is -2.30. The topological polar surface area (TPSA) is 78.9 Å². The van der Waals surface area contributed by atoms with Gasteiger partial charge in [0.25, 0.3) is 0 Å². The summed E-state index contributed by atoms with van der Waals surface area (Å²) in [4.78, 5) is 38.0. The summed E-state index contributed by atoms with van der Waals surface area (Å²) >= 11 is 0. The van der Waals surface area contributed by atoms with E-state index < -0.39 is 6.10 Å². The van der Waals surface area contributed by atoms with Gasteiger partial charge in [0.15, 0.2) is 6.10 Å². The van der Waals surface area contributed by atoms with E-state index >= 15 is 0 Å². The van der Waals surface area contributed by atoms with Gasteiger partial charge in [0.1, 0.15) is 13.2 Å². The molecule has 6 nitrogen and oxygen atoms in total. The van der Waals surface area contributed by atoms with E-state index in [0.29, 0.717) is 19.3 Å². The second-order valence-electron chi connectivity index (χ2n) is 19.2. The Morgan fingerprint density at radius 1 is 0.350 bits per heavy atom. The second kappa shape index (κ2) is 46.9. The third-order valence-electron chi connectivity index (χ3n) is 12.6. The van der Waals surface area contributed by atoms with Crippen molar-refractivity contribution in [1.82, 2.24) is 0 Å². The molecule has 1 unspecified atom stereocenters. The predicted molar refractivity (Wildman–Crippen MR) is 256 cm³/mol. The van der Waals surface area contributed by atoms with Crippen LogP contribution in [0.3, 0.4) is 0 Å². The Balaban J connectivity index is 4.29. The molecule has 0 amide bonds. The molecule has 0 radical (unpaired) electrons. The largest absolute Gasteiger partial charge is 0.462 e. The van der Waals surface area contributed by atoms with Crippen molar-refractivity contribution in [2.75, 3.05) is 13.2 Å². The van der Waals surface area contributed by atoms with Gasteiger partial charge >= 0.3 is 17.9 Å². The number of unbranched alkanes of at least 4 members (excludes halogenated alkanes) is 32. The van der Waals surface area contributed by atoms with Crippen molar-refractivity contribution in [3.05, 3.63) is 0 Å². The third-order valence-corrected chi connectivity index (χ3v) is 12.6. The SMILES string of the molecule is CCCCCCCCCCCCCCC(=O)OC[C@H](COC(=O)CCCCCCCCCCCC(C)C)OC(=O)CCCCCCCCCCCCCCCCC(C)CC. The van der Waals surface area contributed by atoms with Crippen molar-refractivity contribution in [1.29, 1.82) is 0 Å². The van der Waals surface area contributed by atoms with Gasteiger partial charge in [0.05, 0.1) is 0 Å². The van der Waals surface area contributed by atoms with E-state index in [9.17, 15) is 14.4 Å². The van der Waals surface area contributed by atoms with Crippen LogP contribution >= 0.6 is 0 Å². The van der Waals surface area contributed by atoms with Crippen LogP contribution in [0.1, 0.15) is 298 Å². The summed E-state index contributed by atoms with van der Waals surface area (Å²) in [6, 6.07) is 0. The molecule has 0 bridgehead atoms. The standard InChI is InChI=1S/C54H104O6/c1-6-8-9-10-11-12-13-19-24-29-34-39-44-52(55)58-47-51(48-59-53(56)45-40-35-30-26-21-22-27-32-37-42-49(3)4)60-54(57)46-41-36-31-25-20-17-15-14-16-18-23-28-33-38-43-50(5)7-2/h49-51H,6-48H2,1-5H3/t50?,51-/m1/s1. The smallest absolute Gasteiger partial charge is 0.306 e. The summed E-state index contributed by atoms with van der Waals surface area (Å²) in [5, 5.41) is 0. The Labute approximate surface area is 374 Å². The third kappa shape index (κ3) is 45.9. The van der Waals surface area contributed by atoms with Crippen molar-refractivity contribution in [2.24, 2.45) is 11.8 Å². The van der Waals surface area contributed by atoms with E-state index in [1.165, 1.54) is 186 Å². The average molecular weight is 849 g/mol. The molecule has 0 aliphatic rings. The summed E-state index contributed by atoms with van der Waals surface area (Å²) in [5.41, 5.74) is 0. The molecule has 0 rings (SSSR count). The average Bonchev–Trinajstić information content (AvgIpc) is 3.23. The zero-order chi connectivity index (χ0) is 44.0. The van der Waals surface area contributed by atoms with Crippen LogP contribution in [0.15, 0.2) is 0 Å². The number of rotatable bonds is 48. The highest BCUT2D eigenvalue weighted by atomic mass is 16.6. The van der Waals surface area contributed by atoms with Crippen LogP contribution in [0.2, 0.25) is 0 Å². The monoisotopic (exact) mass is 849 g/mol. The van der Waals surface area contributed by atoms with Crippen molar-refractivity contribution < 1.29 is 28.6 Å². The molecular formula is C54H104O6. The highest BCUT2D eigenvalue weighted by Gasteiger charge is 2.19. The van der Waals surface area contributed by atoms with Gasteiger partial charge in [0, 0.05) is 19.3 Å². The number of carbonyl (C=O) groups is 3. The van der Waals surface area contributed by atoms with Crippen LogP contribution in [0, 0.1) is 11.8 Å². The molecule has 0 N–H and O–H groups in total. The molecule has 2 atom stereocenters. The van der Waals surface area contributed by atoms with Crippen LogP contribution < -0.4 is 0 Å². The van der Waals surface area contributed by atoms with Gasteiger partial charge in [-0.05, 0) is 31.1 Å². The van der Waals surface area contributed by atoms with E-state index in [1.807, 2.05) is 0 Å². The molecule has 0 saturated heterocycles. The Morgan fingerprint density at radius 2 is 0.633 bits per heavy atom. The highest BCUT2D eigenvalue weighted by molar-refractivity contribution is 5.71. The maximum absolute atomic E-state index is 12.8. The Morgan fingerprint density at radius 3 is 0.950 bits per heavy atom. The minimum atomic E-state index is -0.762. The normalized spacial score (nSPS) is 12.5. The fraction of sp³-hybridized carbons (Fsp3) is 0.944. The maximum Gasteiger partial charge on any atom is 0.306 e. The van der Waals surface area contributed by atoms with Crippen LogP contribution in [0.4, 0.5) is 0 Å². The first kappa shape index (κ1) is 58.4. The molecule has 0 aromatic carbocycles. The van der Waals surface area contributed by atoms with Crippen molar-refractivity contribution in [3.8, 4) is 0 Å². The van der Waals surface area contributed by atoms with E-state index in [0.717, 1.165) is 69.6 Å². The highest BCUT2D eigenvalue weighted by Crippen LogP contribution is 2.18. The maximum atomic E-state index is 12.8. The lowest BCUT2D eigenvalue weighted by atomic mass is 9.99. The van der Waals surface area contributed by atoms with Crippen molar-refractivity contribution in [3.63, 3.8) is 0 Å². The lowest BCUT2D eigenvalue weighted by Gasteiger charge is -2.18. The molecule has 6 heteroatoms. The minimum Gasteiger partial charge on any atom is -0.462 e. The fourth-order valence-corrected chi connectivity index (χ4v) is 8.13. The van der Waals surface area contributed by atoms with Crippen molar-refractivity contribution in [2.45, 2.75) is 304 Å². The number of hydrogen-bond donors (Lipinski definition) is 0. The Kier molecular flexibility index (Phi) is 45.7. The summed E-state index contributed by atoms with van der Waals surface area (Å²) in [6.45, 7) is 11.4. The molecular weight excluding hydrogens is 745 g/mol. The van der Waals surface area contributed by atoms with Gasteiger partial charge in [-0.2, -0.15) is 0 Å². The predicted octanol–water partition coefficient (Wildman–Crippen LogP) is 17.3. The first-order chi connectivity index (χ1) is 29.3. The molecule has 356 valence electrons. The van der Waals surface area contributed by atoms with Gasteiger partial charge in [-0.25, -0.2) is 0 Å². The van der Waals surface area contributed by atoms with E-state index in [-0.39, 0.29) is 31.1 Å². The van der Waals surface area contributed by atoms with Gasteiger partial charge < -0.3 is 14.2 Å². The molecule has 0 spiro atoms. The van der Waals surface area contributed by atoms with E-state index in [4.69, 9.17) is 14.2 Å². The van der Waals surface area contributed by atoms with Gasteiger partial charge in [-0.1, -0.05) is 259 Å². The van der Waals surface area contributed by atoms with E-state index in [2.05, 4.69) is 34.6 Å². The summed E-state index contributed by atoms with van der Waals surface area (Å²) in [6.07, 6.45) is 48.0. The summed E-state index contributed by atoms with van der Waals surface area (Å²) < 4.78 is 16.8. The fourth-order valence-electron chi connectivity index (χ4n) is 8.13. The molecule has 0 aromatic heterocycles. The zero-order valence-corrected chi connectivity index (χ0v) is 41.1. The van der Waals surface area contributed by atoms with Gasteiger partial charge in [0.2, 0.25) is 0 Å². The number of carbonyl (C=O) groups excluding carboxylic acids is 3. The van der Waals surface area contributed by atoms with Gasteiger partial charge in [-0.3, -0.25) is 14.4 Å². The Hall–Kier alpha value is -1.59. The van der Waals surface area contributed by atoms with Gasteiger partial charge in [-0.15, -0.1) is 0 Å². The Bertz CT molecular complexity index is 918. The lowest BCUT2D eigenvalue weighted by molar-refractivity contribution is -0.167.